The molecule has 0 aliphatic heterocycles. The molecule has 120 valence electrons. The zero-order chi connectivity index (χ0) is 16.6. The predicted molar refractivity (Wildman–Crippen MR) is 93.1 cm³/mol. The van der Waals surface area contributed by atoms with Crippen LogP contribution in [0, 0.1) is 12.7 Å². The third kappa shape index (κ3) is 3.18. The van der Waals surface area contributed by atoms with Gasteiger partial charge >= 0.3 is 0 Å². The van der Waals surface area contributed by atoms with Crippen molar-refractivity contribution in [1.29, 1.82) is 0 Å². The van der Waals surface area contributed by atoms with E-state index >= 15 is 0 Å². The van der Waals surface area contributed by atoms with Gasteiger partial charge in [0.05, 0.1) is 0 Å². The van der Waals surface area contributed by atoms with Crippen molar-refractivity contribution >= 4 is 21.8 Å². The van der Waals surface area contributed by atoms with Crippen LogP contribution in [0.3, 0.4) is 0 Å². The molecule has 1 N–H and O–H groups in total. The van der Waals surface area contributed by atoms with Crippen molar-refractivity contribution in [2.24, 2.45) is 0 Å². The first-order valence-electron chi connectivity index (χ1n) is 7.75. The minimum Gasteiger partial charge on any atom is -0.349 e. The van der Waals surface area contributed by atoms with Crippen molar-refractivity contribution in [2.75, 3.05) is 0 Å². The highest BCUT2D eigenvalue weighted by Gasteiger charge is 2.49. The van der Waals surface area contributed by atoms with Crippen LogP contribution in [-0.4, -0.2) is 11.9 Å². The summed E-state index contributed by atoms with van der Waals surface area (Å²) in [6.07, 6.45) is 2.14. The van der Waals surface area contributed by atoms with Crippen LogP contribution in [0.15, 0.2) is 46.9 Å². The van der Waals surface area contributed by atoms with Crippen molar-refractivity contribution in [2.45, 2.75) is 38.1 Å². The summed E-state index contributed by atoms with van der Waals surface area (Å²) in [4.78, 5) is 12.4. The van der Waals surface area contributed by atoms with E-state index < -0.39 is 0 Å². The molecule has 2 aromatic carbocycles. The fourth-order valence-electron chi connectivity index (χ4n) is 3.09. The molecule has 0 heterocycles. The molecule has 4 heteroatoms. The number of rotatable bonds is 4. The second kappa shape index (κ2) is 6.08. The molecule has 1 saturated carbocycles. The van der Waals surface area contributed by atoms with Gasteiger partial charge in [-0.2, -0.15) is 0 Å². The van der Waals surface area contributed by atoms with E-state index in [1.54, 1.807) is 13.0 Å². The summed E-state index contributed by atoms with van der Waals surface area (Å²) in [6.45, 7) is 3.71. The molecular weight excluding hydrogens is 357 g/mol. The molecule has 2 nitrogen and oxygen atoms in total. The van der Waals surface area contributed by atoms with Crippen LogP contribution in [-0.2, 0) is 5.41 Å². The summed E-state index contributed by atoms with van der Waals surface area (Å²) >= 11 is 3.45. The van der Waals surface area contributed by atoms with E-state index in [4.69, 9.17) is 0 Å². The van der Waals surface area contributed by atoms with Crippen molar-refractivity contribution in [1.82, 2.24) is 5.32 Å². The quantitative estimate of drug-likeness (QED) is 0.820. The van der Waals surface area contributed by atoms with Gasteiger partial charge in [-0.15, -0.1) is 0 Å². The van der Waals surface area contributed by atoms with E-state index in [0.29, 0.717) is 11.1 Å². The number of nitrogens with one attached hydrogen (secondary N) is 1. The first-order valence-corrected chi connectivity index (χ1v) is 8.55. The summed E-state index contributed by atoms with van der Waals surface area (Å²) in [6, 6.07) is 12.8. The number of hydrogen-bond acceptors (Lipinski definition) is 1. The Morgan fingerprint density at radius 3 is 2.43 bits per heavy atom. The number of carbonyl (C=O) groups is 1. The number of hydrogen-bond donors (Lipinski definition) is 1. The third-order valence-corrected chi connectivity index (χ3v) is 5.33. The van der Waals surface area contributed by atoms with E-state index in [9.17, 15) is 9.18 Å². The molecule has 3 rings (SSSR count). The maximum Gasteiger partial charge on any atom is 0.251 e. The molecule has 0 saturated heterocycles. The minimum absolute atomic E-state index is 0.0193. The SMILES string of the molecule is Cc1cc(C(=O)NC(C)C2(c3ccc(Br)cc3)CC2)ccc1F. The smallest absolute Gasteiger partial charge is 0.251 e. The van der Waals surface area contributed by atoms with Crippen molar-refractivity contribution in [3.8, 4) is 0 Å². The van der Waals surface area contributed by atoms with Gasteiger partial charge in [-0.1, -0.05) is 28.1 Å². The standard InChI is InChI=1S/C19H19BrFNO/c1-12-11-14(3-8-17(12)21)18(23)22-13(2)19(9-10-19)15-4-6-16(20)7-5-15/h3-8,11,13H,9-10H2,1-2H3,(H,22,23). The van der Waals surface area contributed by atoms with Gasteiger partial charge in [0, 0.05) is 21.5 Å². The number of amides is 1. The van der Waals surface area contributed by atoms with Crippen LogP contribution in [0.5, 0.6) is 0 Å². The maximum atomic E-state index is 13.3. The molecule has 0 radical (unpaired) electrons. The van der Waals surface area contributed by atoms with Crippen LogP contribution in [0.4, 0.5) is 4.39 Å². The van der Waals surface area contributed by atoms with E-state index in [0.717, 1.165) is 17.3 Å². The molecule has 0 spiro atoms. The second-order valence-corrected chi connectivity index (χ2v) is 7.24. The van der Waals surface area contributed by atoms with Crippen LogP contribution in [0.2, 0.25) is 0 Å². The highest BCUT2D eigenvalue weighted by Crippen LogP contribution is 2.51. The number of carbonyl (C=O) groups excluding carboxylic acids is 1. The minimum atomic E-state index is -0.289. The van der Waals surface area contributed by atoms with Crippen molar-refractivity contribution in [3.05, 3.63) is 69.4 Å². The molecular formula is C19H19BrFNO. The van der Waals surface area contributed by atoms with Gasteiger partial charge in [0.1, 0.15) is 5.82 Å². The van der Waals surface area contributed by atoms with Crippen LogP contribution in [0.1, 0.15) is 41.3 Å². The summed E-state index contributed by atoms with van der Waals surface area (Å²) < 4.78 is 14.4. The Hall–Kier alpha value is -1.68. The van der Waals surface area contributed by atoms with Gasteiger partial charge in [0.25, 0.3) is 5.91 Å². The van der Waals surface area contributed by atoms with E-state index in [-0.39, 0.29) is 23.2 Å². The van der Waals surface area contributed by atoms with Gasteiger partial charge in [-0.3, -0.25) is 4.79 Å². The third-order valence-electron chi connectivity index (χ3n) is 4.80. The Balaban J connectivity index is 1.75. The normalized spacial score (nSPS) is 16.7. The van der Waals surface area contributed by atoms with Crippen molar-refractivity contribution in [3.63, 3.8) is 0 Å². The number of aryl methyl sites for hydroxylation is 1. The Morgan fingerprint density at radius 2 is 1.87 bits per heavy atom. The van der Waals surface area contributed by atoms with E-state index in [1.807, 2.05) is 19.1 Å². The fourth-order valence-corrected chi connectivity index (χ4v) is 3.36. The van der Waals surface area contributed by atoms with Crippen molar-refractivity contribution < 1.29 is 9.18 Å². The predicted octanol–water partition coefficient (Wildman–Crippen LogP) is 4.75. The molecule has 0 aromatic heterocycles. The lowest BCUT2D eigenvalue weighted by Gasteiger charge is -2.25. The summed E-state index contributed by atoms with van der Waals surface area (Å²) in [5, 5.41) is 3.09. The average molecular weight is 376 g/mol. The molecule has 1 fully saturated rings. The summed E-state index contributed by atoms with van der Waals surface area (Å²) in [7, 11) is 0. The van der Waals surface area contributed by atoms with Crippen LogP contribution < -0.4 is 5.32 Å². The lowest BCUT2D eigenvalue weighted by molar-refractivity contribution is 0.0931. The van der Waals surface area contributed by atoms with Gasteiger partial charge in [0.15, 0.2) is 0 Å². The topological polar surface area (TPSA) is 29.1 Å². The van der Waals surface area contributed by atoms with Gasteiger partial charge in [-0.05, 0) is 68.1 Å². The number of halogens is 2. The largest absolute Gasteiger partial charge is 0.349 e. The molecule has 1 atom stereocenters. The van der Waals surface area contributed by atoms with Crippen LogP contribution >= 0.6 is 15.9 Å². The highest BCUT2D eigenvalue weighted by atomic mass is 79.9. The average Bonchev–Trinajstić information content (AvgIpc) is 3.32. The van der Waals surface area contributed by atoms with Gasteiger partial charge < -0.3 is 5.32 Å². The Morgan fingerprint density at radius 1 is 1.22 bits per heavy atom. The molecule has 2 aromatic rings. The Kier molecular flexibility index (Phi) is 4.28. The Bertz CT molecular complexity index is 738. The van der Waals surface area contributed by atoms with Gasteiger partial charge in [-0.25, -0.2) is 4.39 Å². The Labute approximate surface area is 144 Å². The van der Waals surface area contributed by atoms with E-state index in [2.05, 4.69) is 33.4 Å². The number of benzene rings is 2. The fraction of sp³-hybridized carbons (Fsp3) is 0.316. The lowest BCUT2D eigenvalue weighted by atomic mass is 9.89. The lowest BCUT2D eigenvalue weighted by Crippen LogP contribution is -2.41. The molecule has 1 aliphatic carbocycles. The summed E-state index contributed by atoms with van der Waals surface area (Å²) in [5.74, 6) is -0.438. The molecule has 0 bridgehead atoms. The molecule has 1 aliphatic rings. The first kappa shape index (κ1) is 16.2. The molecule has 1 amide bonds. The second-order valence-electron chi connectivity index (χ2n) is 6.32. The zero-order valence-corrected chi connectivity index (χ0v) is 14.8. The molecule has 23 heavy (non-hydrogen) atoms. The van der Waals surface area contributed by atoms with Crippen LogP contribution in [0.25, 0.3) is 0 Å². The van der Waals surface area contributed by atoms with E-state index in [1.165, 1.54) is 17.7 Å². The summed E-state index contributed by atoms with van der Waals surface area (Å²) in [5.41, 5.74) is 2.26. The highest BCUT2D eigenvalue weighted by molar-refractivity contribution is 9.10. The monoisotopic (exact) mass is 375 g/mol. The van der Waals surface area contributed by atoms with Gasteiger partial charge in [0.2, 0.25) is 0 Å². The maximum absolute atomic E-state index is 13.3. The zero-order valence-electron chi connectivity index (χ0n) is 13.2. The molecule has 1 unspecified atom stereocenters. The first-order chi connectivity index (χ1) is 10.9.